The molecule has 128 valence electrons. The van der Waals surface area contributed by atoms with Gasteiger partial charge in [-0.05, 0) is 50.6 Å². The minimum atomic E-state index is -3.88. The van der Waals surface area contributed by atoms with Crippen LogP contribution in [-0.2, 0) is 14.8 Å². The molecule has 8 heteroatoms. The number of hydrogen-bond acceptors (Lipinski definition) is 5. The molecule has 0 aromatic heterocycles. The monoisotopic (exact) mass is 344 g/mol. The number of nitrogens with zero attached hydrogens (tertiary/aromatic N) is 1. The average molecular weight is 344 g/mol. The van der Waals surface area contributed by atoms with Crippen molar-refractivity contribution >= 4 is 16.0 Å². The lowest BCUT2D eigenvalue weighted by molar-refractivity contribution is 0.0595. The Morgan fingerprint density at radius 3 is 2.87 bits per heavy atom. The fourth-order valence-electron chi connectivity index (χ4n) is 2.84. The first kappa shape index (κ1) is 17.8. The summed E-state index contributed by atoms with van der Waals surface area (Å²) in [5.74, 6) is -1.34. The number of sulfonamides is 1. The summed E-state index contributed by atoms with van der Waals surface area (Å²) in [6.45, 7) is 1.49. The van der Waals surface area contributed by atoms with E-state index in [2.05, 4.69) is 10.1 Å². The molecule has 0 radical (unpaired) electrons. The van der Waals surface area contributed by atoms with Crippen molar-refractivity contribution in [2.24, 2.45) is 5.92 Å². The number of carbonyl (C=O) groups excluding carboxylic acids is 1. The van der Waals surface area contributed by atoms with Crippen LogP contribution < -0.4 is 5.32 Å². The first-order valence-electron chi connectivity index (χ1n) is 7.42. The average Bonchev–Trinajstić information content (AvgIpc) is 2.54. The number of halogens is 1. The molecule has 0 aliphatic carbocycles. The zero-order valence-corrected chi connectivity index (χ0v) is 14.0. The van der Waals surface area contributed by atoms with Crippen LogP contribution in [0.5, 0.6) is 0 Å². The van der Waals surface area contributed by atoms with Gasteiger partial charge in [-0.2, -0.15) is 4.31 Å². The summed E-state index contributed by atoms with van der Waals surface area (Å²) < 4.78 is 45.1. The zero-order chi connectivity index (χ0) is 17.0. The van der Waals surface area contributed by atoms with Crippen LogP contribution in [0.4, 0.5) is 4.39 Å². The molecule has 1 aromatic carbocycles. The van der Waals surface area contributed by atoms with Gasteiger partial charge in [0.25, 0.3) is 0 Å². The Morgan fingerprint density at radius 2 is 2.22 bits per heavy atom. The molecule has 1 unspecified atom stereocenters. The van der Waals surface area contributed by atoms with Crippen LogP contribution in [0, 0.1) is 11.7 Å². The summed E-state index contributed by atoms with van der Waals surface area (Å²) in [5.41, 5.74) is -0.275. The maximum Gasteiger partial charge on any atom is 0.339 e. The van der Waals surface area contributed by atoms with E-state index in [1.54, 1.807) is 0 Å². The van der Waals surface area contributed by atoms with Crippen molar-refractivity contribution in [3.05, 3.63) is 29.6 Å². The van der Waals surface area contributed by atoms with Crippen LogP contribution in [-0.4, -0.2) is 52.5 Å². The number of esters is 1. The van der Waals surface area contributed by atoms with Crippen LogP contribution in [0.25, 0.3) is 0 Å². The third-order valence-electron chi connectivity index (χ3n) is 3.94. The summed E-state index contributed by atoms with van der Waals surface area (Å²) in [7, 11) is -0.923. The van der Waals surface area contributed by atoms with Crippen molar-refractivity contribution < 1.29 is 22.3 Å². The largest absolute Gasteiger partial charge is 0.465 e. The van der Waals surface area contributed by atoms with E-state index in [-0.39, 0.29) is 16.4 Å². The second kappa shape index (κ2) is 7.37. The minimum absolute atomic E-state index is 0.212. The van der Waals surface area contributed by atoms with Crippen LogP contribution in [0.2, 0.25) is 0 Å². The van der Waals surface area contributed by atoms with Crippen molar-refractivity contribution in [1.29, 1.82) is 0 Å². The normalized spacial score (nSPS) is 19.5. The van der Waals surface area contributed by atoms with Gasteiger partial charge in [-0.25, -0.2) is 17.6 Å². The summed E-state index contributed by atoms with van der Waals surface area (Å²) in [6, 6.07) is 3.06. The Hall–Kier alpha value is -1.51. The van der Waals surface area contributed by atoms with Gasteiger partial charge >= 0.3 is 5.97 Å². The molecule has 1 heterocycles. The van der Waals surface area contributed by atoms with Crippen molar-refractivity contribution in [2.75, 3.05) is 33.8 Å². The maximum atomic E-state index is 13.4. The molecule has 0 spiro atoms. The van der Waals surface area contributed by atoms with Crippen molar-refractivity contribution in [3.8, 4) is 0 Å². The van der Waals surface area contributed by atoms with E-state index in [1.807, 2.05) is 7.05 Å². The number of benzene rings is 1. The van der Waals surface area contributed by atoms with Gasteiger partial charge in [-0.15, -0.1) is 0 Å². The number of hydrogen-bond donors (Lipinski definition) is 1. The third-order valence-corrected chi connectivity index (χ3v) is 5.86. The molecular weight excluding hydrogens is 323 g/mol. The van der Waals surface area contributed by atoms with E-state index in [0.29, 0.717) is 13.1 Å². The predicted octanol–water partition coefficient (Wildman–Crippen LogP) is 1.23. The van der Waals surface area contributed by atoms with Crippen molar-refractivity contribution in [1.82, 2.24) is 9.62 Å². The minimum Gasteiger partial charge on any atom is -0.465 e. The highest BCUT2D eigenvalue weighted by Crippen LogP contribution is 2.26. The van der Waals surface area contributed by atoms with Gasteiger partial charge in [0.2, 0.25) is 10.0 Å². The van der Waals surface area contributed by atoms with Crippen LogP contribution in [0.1, 0.15) is 23.2 Å². The molecule has 1 aromatic rings. The van der Waals surface area contributed by atoms with Crippen LogP contribution in [0.3, 0.4) is 0 Å². The summed E-state index contributed by atoms with van der Waals surface area (Å²) in [4.78, 5) is 11.6. The predicted molar refractivity (Wildman–Crippen MR) is 83.1 cm³/mol. The Kier molecular flexibility index (Phi) is 5.72. The Morgan fingerprint density at radius 1 is 1.48 bits per heavy atom. The molecule has 0 bridgehead atoms. The topological polar surface area (TPSA) is 75.7 Å². The third kappa shape index (κ3) is 3.88. The zero-order valence-electron chi connectivity index (χ0n) is 13.2. The molecule has 1 fully saturated rings. The molecule has 1 atom stereocenters. The lowest BCUT2D eigenvalue weighted by Crippen LogP contribution is -2.42. The molecule has 1 aliphatic rings. The standard InChI is InChI=1S/C15H21FN2O4S/c1-17-9-11-4-3-7-18(10-11)23(20,21)14-6-5-12(16)8-13(14)15(19)22-2/h5-6,8,11,17H,3-4,7,9-10H2,1-2H3. The van der Waals surface area contributed by atoms with E-state index in [4.69, 9.17) is 0 Å². The highest BCUT2D eigenvalue weighted by atomic mass is 32.2. The molecule has 1 saturated heterocycles. The van der Waals surface area contributed by atoms with Crippen LogP contribution >= 0.6 is 0 Å². The van der Waals surface area contributed by atoms with Crippen molar-refractivity contribution in [3.63, 3.8) is 0 Å². The summed E-state index contributed by atoms with van der Waals surface area (Å²) in [5, 5.41) is 3.05. The molecule has 0 saturated carbocycles. The second-order valence-corrected chi connectivity index (χ2v) is 7.47. The molecule has 2 rings (SSSR count). The molecular formula is C15H21FN2O4S. The number of nitrogens with one attached hydrogen (secondary N) is 1. The van der Waals surface area contributed by atoms with Gasteiger partial charge in [-0.1, -0.05) is 0 Å². The SMILES string of the molecule is CNCC1CCCN(S(=O)(=O)c2ccc(F)cc2C(=O)OC)C1. The van der Waals surface area contributed by atoms with Crippen LogP contribution in [0.15, 0.2) is 23.1 Å². The van der Waals surface area contributed by atoms with Crippen molar-refractivity contribution in [2.45, 2.75) is 17.7 Å². The molecule has 23 heavy (non-hydrogen) atoms. The number of piperidine rings is 1. The summed E-state index contributed by atoms with van der Waals surface area (Å²) in [6.07, 6.45) is 1.69. The van der Waals surface area contributed by atoms with Gasteiger partial charge in [0.1, 0.15) is 5.82 Å². The van der Waals surface area contributed by atoms with E-state index < -0.39 is 21.8 Å². The maximum absolute atomic E-state index is 13.4. The van der Waals surface area contributed by atoms with Gasteiger partial charge < -0.3 is 10.1 Å². The van der Waals surface area contributed by atoms with Gasteiger partial charge in [0, 0.05) is 13.1 Å². The molecule has 1 aliphatic heterocycles. The lowest BCUT2D eigenvalue weighted by atomic mass is 10.00. The van der Waals surface area contributed by atoms with E-state index in [1.165, 1.54) is 4.31 Å². The van der Waals surface area contributed by atoms with E-state index in [9.17, 15) is 17.6 Å². The number of rotatable bonds is 5. The molecule has 1 N–H and O–H groups in total. The number of methoxy groups -OCH3 is 1. The Labute approximate surface area is 135 Å². The smallest absolute Gasteiger partial charge is 0.339 e. The molecule has 6 nitrogen and oxygen atoms in total. The second-order valence-electron chi connectivity index (χ2n) is 5.56. The quantitative estimate of drug-likeness (QED) is 0.813. The Bertz CT molecular complexity index is 676. The fraction of sp³-hybridized carbons (Fsp3) is 0.533. The summed E-state index contributed by atoms with van der Waals surface area (Å²) >= 11 is 0. The van der Waals surface area contributed by atoms with Gasteiger partial charge in [0.05, 0.1) is 17.6 Å². The number of ether oxygens (including phenoxy) is 1. The van der Waals surface area contributed by atoms with E-state index in [0.717, 1.165) is 44.7 Å². The first-order chi connectivity index (χ1) is 10.9. The highest BCUT2D eigenvalue weighted by Gasteiger charge is 2.33. The molecule has 0 amide bonds. The van der Waals surface area contributed by atoms with Gasteiger partial charge in [0.15, 0.2) is 0 Å². The number of carbonyl (C=O) groups is 1. The lowest BCUT2D eigenvalue weighted by Gasteiger charge is -2.32. The highest BCUT2D eigenvalue weighted by molar-refractivity contribution is 7.89. The van der Waals surface area contributed by atoms with Gasteiger partial charge in [-0.3, -0.25) is 0 Å². The van der Waals surface area contributed by atoms with E-state index >= 15 is 0 Å². The first-order valence-corrected chi connectivity index (χ1v) is 8.86. The Balaban J connectivity index is 2.38. The fourth-order valence-corrected chi connectivity index (χ4v) is 4.55.